The van der Waals surface area contributed by atoms with Crippen molar-refractivity contribution in [2.75, 3.05) is 26.2 Å². The lowest BCUT2D eigenvalue weighted by Gasteiger charge is -2.35. The molecule has 21 heavy (non-hydrogen) atoms. The summed E-state index contributed by atoms with van der Waals surface area (Å²) in [6, 6.07) is 0.538. The number of hydrogen-bond acceptors (Lipinski definition) is 4. The summed E-state index contributed by atoms with van der Waals surface area (Å²) in [5.74, 6) is -0.111. The molecule has 0 saturated carbocycles. The van der Waals surface area contributed by atoms with Crippen molar-refractivity contribution in [3.05, 3.63) is 24.5 Å². The van der Waals surface area contributed by atoms with Crippen LogP contribution in [-0.4, -0.2) is 59.0 Å². The number of carbonyl (C=O) groups excluding carboxylic acids is 1. The van der Waals surface area contributed by atoms with Gasteiger partial charge in [-0.15, -0.1) is 0 Å². The van der Waals surface area contributed by atoms with Gasteiger partial charge in [0.05, 0.1) is 24.5 Å². The molecule has 6 nitrogen and oxygen atoms in total. The molecular weight excluding hydrogens is 268 g/mol. The summed E-state index contributed by atoms with van der Waals surface area (Å²) in [5.41, 5.74) is 0.545. The minimum atomic E-state index is -0.111. The first-order valence-corrected chi connectivity index (χ1v) is 7.40. The number of morpholine rings is 1. The molecule has 1 aliphatic rings. The number of amides is 1. The van der Waals surface area contributed by atoms with Gasteiger partial charge in [-0.2, -0.15) is 5.10 Å². The molecule has 0 unspecified atom stereocenters. The molecule has 1 aromatic rings. The van der Waals surface area contributed by atoms with E-state index in [1.807, 2.05) is 0 Å². The van der Waals surface area contributed by atoms with Crippen LogP contribution >= 0.6 is 0 Å². The molecule has 0 radical (unpaired) electrons. The van der Waals surface area contributed by atoms with E-state index >= 15 is 0 Å². The molecule has 0 bridgehead atoms. The Morgan fingerprint density at radius 2 is 2.48 bits per heavy atom. The van der Waals surface area contributed by atoms with Crippen molar-refractivity contribution < 1.29 is 9.53 Å². The van der Waals surface area contributed by atoms with Crippen LogP contribution in [0, 0.1) is 0 Å². The largest absolute Gasteiger partial charge is 0.375 e. The molecule has 116 valence electrons. The fourth-order valence-corrected chi connectivity index (χ4v) is 2.39. The highest BCUT2D eigenvalue weighted by atomic mass is 16.5. The van der Waals surface area contributed by atoms with E-state index in [0.717, 1.165) is 26.1 Å². The second-order valence-corrected chi connectivity index (χ2v) is 5.52. The van der Waals surface area contributed by atoms with Gasteiger partial charge in [-0.25, -0.2) is 4.68 Å². The van der Waals surface area contributed by atoms with Gasteiger partial charge in [-0.05, 0) is 20.3 Å². The quantitative estimate of drug-likeness (QED) is 0.856. The molecule has 2 heterocycles. The summed E-state index contributed by atoms with van der Waals surface area (Å²) in [5, 5.41) is 6.89. The van der Waals surface area contributed by atoms with E-state index in [1.165, 1.54) is 10.9 Å². The highest BCUT2D eigenvalue weighted by Gasteiger charge is 2.22. The van der Waals surface area contributed by atoms with Crippen LogP contribution in [0.5, 0.6) is 0 Å². The van der Waals surface area contributed by atoms with Crippen LogP contribution in [0.2, 0.25) is 0 Å². The Bertz CT molecular complexity index is 484. The third-order valence-electron chi connectivity index (χ3n) is 3.70. The molecule has 1 atom stereocenters. The third kappa shape index (κ3) is 4.41. The molecule has 1 fully saturated rings. The van der Waals surface area contributed by atoms with E-state index < -0.39 is 0 Å². The Morgan fingerprint density at radius 3 is 3.14 bits per heavy atom. The van der Waals surface area contributed by atoms with E-state index in [9.17, 15) is 4.79 Å². The summed E-state index contributed by atoms with van der Waals surface area (Å²) in [6.45, 7) is 11.3. The maximum absolute atomic E-state index is 11.9. The highest BCUT2D eigenvalue weighted by molar-refractivity contribution is 5.93. The standard InChI is InChI=1S/C15H24N4O2/c1-4-19-10-13(9-17-19)15(20)16-6-5-14-11-18(12(2)3)7-8-21-14/h4,9-10,12,14H,1,5-8,11H2,2-3H3,(H,16,20)/t14-/m1/s1. The Kier molecular flexibility index (Phi) is 5.52. The Balaban J connectivity index is 1.73. The fourth-order valence-electron chi connectivity index (χ4n) is 2.39. The summed E-state index contributed by atoms with van der Waals surface area (Å²) in [4.78, 5) is 14.3. The number of nitrogens with zero attached hydrogens (tertiary/aromatic N) is 3. The topological polar surface area (TPSA) is 59.4 Å². The van der Waals surface area contributed by atoms with E-state index in [4.69, 9.17) is 4.74 Å². The zero-order valence-corrected chi connectivity index (χ0v) is 12.8. The van der Waals surface area contributed by atoms with Crippen molar-refractivity contribution in [1.82, 2.24) is 20.0 Å². The summed E-state index contributed by atoms with van der Waals surface area (Å²) in [7, 11) is 0. The van der Waals surface area contributed by atoms with Crippen molar-refractivity contribution in [2.45, 2.75) is 32.4 Å². The molecule has 2 rings (SSSR count). The molecule has 6 heteroatoms. The van der Waals surface area contributed by atoms with Gasteiger partial charge in [-0.3, -0.25) is 9.69 Å². The van der Waals surface area contributed by atoms with Crippen molar-refractivity contribution in [3.8, 4) is 0 Å². The lowest BCUT2D eigenvalue weighted by molar-refractivity contribution is -0.0412. The minimum absolute atomic E-state index is 0.111. The fraction of sp³-hybridized carbons (Fsp3) is 0.600. The molecule has 0 spiro atoms. The van der Waals surface area contributed by atoms with Gasteiger partial charge < -0.3 is 10.1 Å². The number of hydrogen-bond donors (Lipinski definition) is 1. The Labute approximate surface area is 125 Å². The Hall–Kier alpha value is -1.66. The molecule has 0 aliphatic carbocycles. The number of rotatable bonds is 6. The van der Waals surface area contributed by atoms with Crippen LogP contribution in [0.25, 0.3) is 6.20 Å². The van der Waals surface area contributed by atoms with Crippen LogP contribution in [0.3, 0.4) is 0 Å². The molecular formula is C15H24N4O2. The maximum Gasteiger partial charge on any atom is 0.254 e. The molecule has 0 aromatic carbocycles. The van der Waals surface area contributed by atoms with Gasteiger partial charge in [0, 0.05) is 38.1 Å². The van der Waals surface area contributed by atoms with Crippen molar-refractivity contribution in [2.24, 2.45) is 0 Å². The van der Waals surface area contributed by atoms with Crippen molar-refractivity contribution in [3.63, 3.8) is 0 Å². The molecule has 1 saturated heterocycles. The van der Waals surface area contributed by atoms with Gasteiger partial charge in [0.2, 0.25) is 0 Å². The average Bonchev–Trinajstić information content (AvgIpc) is 2.96. The van der Waals surface area contributed by atoms with Crippen molar-refractivity contribution in [1.29, 1.82) is 0 Å². The molecule has 1 aliphatic heterocycles. The zero-order valence-electron chi connectivity index (χ0n) is 12.8. The van der Waals surface area contributed by atoms with Gasteiger partial charge in [0.25, 0.3) is 5.91 Å². The monoisotopic (exact) mass is 292 g/mol. The summed E-state index contributed by atoms with van der Waals surface area (Å²) < 4.78 is 7.26. The van der Waals surface area contributed by atoms with Crippen LogP contribution in [0.15, 0.2) is 19.0 Å². The van der Waals surface area contributed by atoms with Crippen LogP contribution in [0.4, 0.5) is 0 Å². The van der Waals surface area contributed by atoms with Crippen LogP contribution < -0.4 is 5.32 Å². The van der Waals surface area contributed by atoms with E-state index in [0.29, 0.717) is 18.2 Å². The van der Waals surface area contributed by atoms with Gasteiger partial charge in [0.1, 0.15) is 0 Å². The smallest absolute Gasteiger partial charge is 0.254 e. The second kappa shape index (κ2) is 7.38. The molecule has 1 amide bonds. The number of carbonyl (C=O) groups is 1. The average molecular weight is 292 g/mol. The first-order valence-electron chi connectivity index (χ1n) is 7.40. The van der Waals surface area contributed by atoms with Gasteiger partial charge in [-0.1, -0.05) is 6.58 Å². The van der Waals surface area contributed by atoms with Crippen LogP contribution in [-0.2, 0) is 4.74 Å². The van der Waals surface area contributed by atoms with E-state index in [1.54, 1.807) is 12.4 Å². The lowest BCUT2D eigenvalue weighted by Crippen LogP contribution is -2.46. The maximum atomic E-state index is 11.9. The summed E-state index contributed by atoms with van der Waals surface area (Å²) in [6.07, 6.45) is 5.75. The third-order valence-corrected chi connectivity index (χ3v) is 3.70. The van der Waals surface area contributed by atoms with E-state index in [2.05, 4.69) is 35.7 Å². The second-order valence-electron chi connectivity index (χ2n) is 5.52. The SMILES string of the molecule is C=Cn1cc(C(=O)NCC[C@@H]2CN(C(C)C)CCO2)cn1. The predicted molar refractivity (Wildman–Crippen MR) is 82.0 cm³/mol. The molecule has 1 aromatic heterocycles. The van der Waals surface area contributed by atoms with E-state index in [-0.39, 0.29) is 12.0 Å². The number of ether oxygens (including phenoxy) is 1. The van der Waals surface area contributed by atoms with Crippen LogP contribution in [0.1, 0.15) is 30.6 Å². The molecule has 1 N–H and O–H groups in total. The van der Waals surface area contributed by atoms with Crippen molar-refractivity contribution >= 4 is 12.1 Å². The van der Waals surface area contributed by atoms with Gasteiger partial charge >= 0.3 is 0 Å². The summed E-state index contributed by atoms with van der Waals surface area (Å²) >= 11 is 0. The minimum Gasteiger partial charge on any atom is -0.375 e. The number of aromatic nitrogens is 2. The zero-order chi connectivity index (χ0) is 15.2. The lowest BCUT2D eigenvalue weighted by atomic mass is 10.1. The number of nitrogens with one attached hydrogen (secondary N) is 1. The Morgan fingerprint density at radius 1 is 1.67 bits per heavy atom. The first-order chi connectivity index (χ1) is 10.1. The predicted octanol–water partition coefficient (Wildman–Crippen LogP) is 1.21. The first kappa shape index (κ1) is 15.7. The van der Waals surface area contributed by atoms with Gasteiger partial charge in [0.15, 0.2) is 0 Å². The normalized spacial score (nSPS) is 19.7. The highest BCUT2D eigenvalue weighted by Crippen LogP contribution is 2.11.